The summed E-state index contributed by atoms with van der Waals surface area (Å²) in [6, 6.07) is 0. The van der Waals surface area contributed by atoms with Crippen molar-refractivity contribution in [3.8, 4) is 0 Å². The van der Waals surface area contributed by atoms with Crippen molar-refractivity contribution < 1.29 is 0 Å². The molecule has 0 aliphatic heterocycles. The predicted octanol–water partition coefficient (Wildman–Crippen LogP) is 7.19. The van der Waals surface area contributed by atoms with Crippen LogP contribution in [0, 0.1) is 40.4 Å². The highest BCUT2D eigenvalue weighted by atomic mass is 79.9. The van der Waals surface area contributed by atoms with Gasteiger partial charge in [-0.05, 0) is 78.9 Å². The van der Waals surface area contributed by atoms with E-state index in [1.54, 1.807) is 0 Å². The largest absolute Gasteiger partial charge is 0.0875 e. The van der Waals surface area contributed by atoms with E-state index in [1.807, 2.05) is 0 Å². The summed E-state index contributed by atoms with van der Waals surface area (Å²) in [6.07, 6.45) is 13.3. The molecular weight excluding hydrogens is 412 g/mol. The van der Waals surface area contributed by atoms with E-state index in [0.717, 1.165) is 29.6 Å². The van der Waals surface area contributed by atoms with Crippen LogP contribution in [0.3, 0.4) is 0 Å². The second-order valence-electron chi connectivity index (χ2n) is 9.72. The summed E-state index contributed by atoms with van der Waals surface area (Å²) in [5.74, 6) is 4.78. The van der Waals surface area contributed by atoms with E-state index in [9.17, 15) is 0 Å². The average molecular weight is 446 g/mol. The Morgan fingerprint density at radius 2 is 1.74 bits per heavy atom. The maximum Gasteiger partial charge on any atom is 0.0333 e. The van der Waals surface area contributed by atoms with Crippen molar-refractivity contribution in [3.63, 3.8) is 0 Å². The summed E-state index contributed by atoms with van der Waals surface area (Å²) in [4.78, 5) is 1.33. The highest BCUT2D eigenvalue weighted by Gasteiger charge is 2.65. The number of halogens is 2. The van der Waals surface area contributed by atoms with Crippen molar-refractivity contribution in [2.45, 2.75) is 88.2 Å². The zero-order chi connectivity index (χ0) is 16.4. The molecule has 0 bridgehead atoms. The van der Waals surface area contributed by atoms with Crippen LogP contribution in [0.15, 0.2) is 0 Å². The summed E-state index contributed by atoms with van der Waals surface area (Å²) >= 11 is 8.53. The Morgan fingerprint density at radius 3 is 2.48 bits per heavy atom. The molecule has 4 aliphatic carbocycles. The highest BCUT2D eigenvalue weighted by Crippen LogP contribution is 2.70. The quantitative estimate of drug-likeness (QED) is 0.374. The molecule has 132 valence electrons. The van der Waals surface area contributed by atoms with Gasteiger partial charge in [0.2, 0.25) is 0 Å². The van der Waals surface area contributed by atoms with E-state index in [2.05, 4.69) is 52.6 Å². The van der Waals surface area contributed by atoms with E-state index in [0.29, 0.717) is 20.5 Å². The molecule has 0 nitrogen and oxygen atoms in total. The fourth-order valence-electron chi connectivity index (χ4n) is 8.04. The van der Waals surface area contributed by atoms with Gasteiger partial charge in [-0.1, -0.05) is 71.9 Å². The normalized spacial score (nSPS) is 59.1. The number of hydrogen-bond acceptors (Lipinski definition) is 0. The third-order valence-electron chi connectivity index (χ3n) is 9.25. The Labute approximate surface area is 160 Å². The molecule has 0 spiro atoms. The maximum atomic E-state index is 4.27. The van der Waals surface area contributed by atoms with Crippen LogP contribution in [0.5, 0.6) is 0 Å². The second kappa shape index (κ2) is 6.00. The summed E-state index contributed by atoms with van der Waals surface area (Å²) in [5.41, 5.74) is 1.12. The molecule has 0 aromatic carbocycles. The van der Waals surface area contributed by atoms with Gasteiger partial charge >= 0.3 is 0 Å². The van der Waals surface area contributed by atoms with E-state index in [-0.39, 0.29) is 0 Å². The fraction of sp³-hybridized carbons (Fsp3) is 1.00. The summed E-state index contributed by atoms with van der Waals surface area (Å²) in [6.45, 7) is 7.74. The van der Waals surface area contributed by atoms with Crippen molar-refractivity contribution in [1.29, 1.82) is 0 Å². The first-order chi connectivity index (χ1) is 10.9. The molecule has 0 heterocycles. The smallest absolute Gasteiger partial charge is 0.0333 e. The minimum absolute atomic E-state index is 0.516. The SMILES string of the molecule is CC[C@H]1CC[C@H]2[C@@H]3CC[C@@H]4CCCC[C@]4(C)[C@H]3[C@@H](Br)[C@H](Br)[C@]12C. The Bertz CT molecular complexity index is 463. The molecule has 2 heteroatoms. The predicted molar refractivity (Wildman–Crippen MR) is 106 cm³/mol. The average Bonchev–Trinajstić information content (AvgIpc) is 2.89. The minimum Gasteiger partial charge on any atom is -0.0875 e. The lowest BCUT2D eigenvalue weighted by molar-refractivity contribution is -0.101. The number of hydrogen-bond donors (Lipinski definition) is 0. The molecule has 4 saturated carbocycles. The minimum atomic E-state index is 0.516. The molecule has 0 saturated heterocycles. The second-order valence-corrected chi connectivity index (χ2v) is 11.8. The van der Waals surface area contributed by atoms with Gasteiger partial charge in [-0.15, -0.1) is 0 Å². The lowest BCUT2D eigenvalue weighted by Gasteiger charge is -2.63. The van der Waals surface area contributed by atoms with Gasteiger partial charge in [0.1, 0.15) is 0 Å². The molecule has 4 fully saturated rings. The molecule has 0 N–H and O–H groups in total. The monoisotopic (exact) mass is 444 g/mol. The van der Waals surface area contributed by atoms with Crippen LogP contribution in [0.2, 0.25) is 0 Å². The standard InChI is InChI=1S/C21H34Br2/c1-4-13-9-11-16-15-10-8-14-7-5-6-12-20(14,2)17(15)18(22)19(23)21(13,16)3/h13-19H,4-12H2,1-3H3/t13-,14-,15-,16-,17+,18+,19-,20-,21+/m0/s1. The third-order valence-corrected chi connectivity index (χ3v) is 12.6. The maximum absolute atomic E-state index is 4.27. The van der Waals surface area contributed by atoms with Gasteiger partial charge in [-0.2, -0.15) is 0 Å². The molecule has 0 radical (unpaired) electrons. The molecule has 0 aromatic rings. The zero-order valence-electron chi connectivity index (χ0n) is 15.2. The van der Waals surface area contributed by atoms with Gasteiger partial charge in [-0.3, -0.25) is 0 Å². The first-order valence-corrected chi connectivity index (χ1v) is 12.1. The van der Waals surface area contributed by atoms with Gasteiger partial charge in [-0.25, -0.2) is 0 Å². The summed E-state index contributed by atoms with van der Waals surface area (Å²) < 4.78 is 0. The topological polar surface area (TPSA) is 0 Å². The van der Waals surface area contributed by atoms with Crippen LogP contribution in [0.25, 0.3) is 0 Å². The van der Waals surface area contributed by atoms with Gasteiger partial charge in [0.05, 0.1) is 0 Å². The Balaban J connectivity index is 1.73. The van der Waals surface area contributed by atoms with Gasteiger partial charge in [0, 0.05) is 9.65 Å². The third kappa shape index (κ3) is 2.25. The summed E-state index contributed by atoms with van der Waals surface area (Å²) in [7, 11) is 0. The van der Waals surface area contributed by atoms with E-state index < -0.39 is 0 Å². The van der Waals surface area contributed by atoms with Crippen LogP contribution in [-0.4, -0.2) is 9.65 Å². The number of alkyl halides is 2. The van der Waals surface area contributed by atoms with E-state index in [1.165, 1.54) is 57.8 Å². The molecule has 4 rings (SSSR count). The van der Waals surface area contributed by atoms with Crippen molar-refractivity contribution in [1.82, 2.24) is 0 Å². The molecular formula is C21H34Br2. The molecule has 0 amide bonds. The van der Waals surface area contributed by atoms with Crippen molar-refractivity contribution in [2.75, 3.05) is 0 Å². The van der Waals surface area contributed by atoms with Gasteiger partial charge in [0.25, 0.3) is 0 Å². The van der Waals surface area contributed by atoms with E-state index >= 15 is 0 Å². The summed E-state index contributed by atoms with van der Waals surface area (Å²) in [5, 5.41) is 0. The van der Waals surface area contributed by atoms with Crippen LogP contribution in [-0.2, 0) is 0 Å². The lowest BCUT2D eigenvalue weighted by atomic mass is 9.44. The molecule has 4 aliphatic rings. The van der Waals surface area contributed by atoms with Crippen LogP contribution in [0.1, 0.15) is 78.6 Å². The highest BCUT2D eigenvalue weighted by molar-refractivity contribution is 9.12. The lowest BCUT2D eigenvalue weighted by Crippen LogP contribution is -2.61. The Morgan fingerprint density at radius 1 is 0.957 bits per heavy atom. The Kier molecular flexibility index (Phi) is 4.53. The first-order valence-electron chi connectivity index (χ1n) is 10.2. The van der Waals surface area contributed by atoms with Crippen LogP contribution in [0.4, 0.5) is 0 Å². The zero-order valence-corrected chi connectivity index (χ0v) is 18.3. The van der Waals surface area contributed by atoms with E-state index in [4.69, 9.17) is 0 Å². The molecule has 0 unspecified atom stereocenters. The van der Waals surface area contributed by atoms with Crippen molar-refractivity contribution >= 4 is 31.9 Å². The van der Waals surface area contributed by atoms with Crippen molar-refractivity contribution in [2.24, 2.45) is 40.4 Å². The molecule has 0 aromatic heterocycles. The van der Waals surface area contributed by atoms with Crippen LogP contribution < -0.4 is 0 Å². The number of rotatable bonds is 1. The molecule has 9 atom stereocenters. The van der Waals surface area contributed by atoms with Crippen LogP contribution >= 0.6 is 31.9 Å². The molecule has 23 heavy (non-hydrogen) atoms. The van der Waals surface area contributed by atoms with Crippen molar-refractivity contribution in [3.05, 3.63) is 0 Å². The van der Waals surface area contributed by atoms with Gasteiger partial charge in [0.15, 0.2) is 0 Å². The first kappa shape index (κ1) is 17.4. The fourth-order valence-corrected chi connectivity index (χ4v) is 10.6. The number of fused-ring (bicyclic) bond motifs is 5. The van der Waals surface area contributed by atoms with Gasteiger partial charge < -0.3 is 0 Å². The Hall–Kier alpha value is 0.960.